The number of hydrogen-bond acceptors (Lipinski definition) is 3. The number of nitrogens with zero attached hydrogens (tertiary/aromatic N) is 6. The molecular weight excluding hydrogens is 687 g/mol. The molecule has 4 heterocycles. The summed E-state index contributed by atoms with van der Waals surface area (Å²) in [4.78, 5) is 9.51. The molecule has 4 aromatic carbocycles. The molecule has 7 heteroatoms. The van der Waals surface area contributed by atoms with Crippen molar-refractivity contribution in [3.05, 3.63) is 128 Å². The molecule has 0 N–H and O–H groups in total. The predicted octanol–water partition coefficient (Wildman–Crippen LogP) is 7.18. The van der Waals surface area contributed by atoms with E-state index in [0.717, 1.165) is 66.9 Å². The first-order chi connectivity index (χ1) is 19.8. The second kappa shape index (κ2) is 9.99. The predicted molar refractivity (Wildman–Crippen MR) is 159 cm³/mol. The summed E-state index contributed by atoms with van der Waals surface area (Å²) in [6, 6.07) is 40.3. The summed E-state index contributed by atoms with van der Waals surface area (Å²) in [5.74, 6) is 0.874. The van der Waals surface area contributed by atoms with Gasteiger partial charge in [-0.3, -0.25) is 4.98 Å². The molecule has 6 nitrogen and oxygen atoms in total. The summed E-state index contributed by atoms with van der Waals surface area (Å²) in [5, 5.41) is 6.79. The maximum Gasteiger partial charge on any atom is 2.00 e. The van der Waals surface area contributed by atoms with E-state index in [1.54, 1.807) is 6.20 Å². The van der Waals surface area contributed by atoms with E-state index in [1.807, 2.05) is 65.6 Å². The molecular formula is C34H22N6Pt. The molecule has 0 spiro atoms. The average molecular weight is 710 g/mol. The number of fused-ring (bicyclic) bond motifs is 4. The van der Waals surface area contributed by atoms with Crippen molar-refractivity contribution in [1.29, 1.82) is 0 Å². The van der Waals surface area contributed by atoms with Crippen molar-refractivity contribution in [2.24, 2.45) is 7.05 Å². The average Bonchev–Trinajstić information content (AvgIpc) is 3.74. The van der Waals surface area contributed by atoms with E-state index in [0.29, 0.717) is 0 Å². The van der Waals surface area contributed by atoms with E-state index < -0.39 is 0 Å². The number of para-hydroxylation sites is 3. The molecule has 0 radical (unpaired) electrons. The molecule has 0 aliphatic carbocycles. The molecule has 0 atom stereocenters. The molecule has 0 unspecified atom stereocenters. The van der Waals surface area contributed by atoms with Crippen LogP contribution in [0.2, 0.25) is 0 Å². The molecule has 0 bridgehead atoms. The van der Waals surface area contributed by atoms with Gasteiger partial charge in [0.15, 0.2) is 0 Å². The molecule has 41 heavy (non-hydrogen) atoms. The van der Waals surface area contributed by atoms with E-state index >= 15 is 0 Å². The Bertz CT molecular complexity index is 2170. The maximum atomic E-state index is 4.95. The summed E-state index contributed by atoms with van der Waals surface area (Å²) in [6.07, 6.45) is 5.58. The zero-order valence-electron chi connectivity index (χ0n) is 22.0. The monoisotopic (exact) mass is 709 g/mol. The molecule has 8 rings (SSSR count). The van der Waals surface area contributed by atoms with Gasteiger partial charge in [0, 0.05) is 25.6 Å². The Balaban J connectivity index is 0.00000276. The Morgan fingerprint density at radius 2 is 1.59 bits per heavy atom. The van der Waals surface area contributed by atoms with E-state index in [2.05, 4.69) is 86.9 Å². The summed E-state index contributed by atoms with van der Waals surface area (Å²) < 4.78 is 6.27. The van der Waals surface area contributed by atoms with Crippen LogP contribution in [0.1, 0.15) is 0 Å². The number of aromatic nitrogens is 6. The van der Waals surface area contributed by atoms with E-state index in [9.17, 15) is 0 Å². The van der Waals surface area contributed by atoms with Crippen molar-refractivity contribution in [2.45, 2.75) is 0 Å². The van der Waals surface area contributed by atoms with E-state index in [-0.39, 0.29) is 21.1 Å². The minimum atomic E-state index is 0. The molecule has 8 aromatic rings. The summed E-state index contributed by atoms with van der Waals surface area (Å²) in [6.45, 7) is 0. The Morgan fingerprint density at radius 3 is 2.41 bits per heavy atom. The van der Waals surface area contributed by atoms with Gasteiger partial charge in [0.05, 0.1) is 28.1 Å². The van der Waals surface area contributed by atoms with Gasteiger partial charge < -0.3 is 14.1 Å². The number of rotatable bonds is 4. The molecule has 198 valence electrons. The van der Waals surface area contributed by atoms with Crippen molar-refractivity contribution in [1.82, 2.24) is 28.9 Å². The van der Waals surface area contributed by atoms with Gasteiger partial charge in [-0.25, -0.2) is 4.68 Å². The zero-order valence-corrected chi connectivity index (χ0v) is 24.2. The van der Waals surface area contributed by atoms with Crippen LogP contribution in [0, 0.1) is 12.1 Å². The third-order valence-electron chi connectivity index (χ3n) is 7.42. The number of pyridine rings is 1. The largest absolute Gasteiger partial charge is 2.00 e. The van der Waals surface area contributed by atoms with E-state index in [1.165, 1.54) is 0 Å². The van der Waals surface area contributed by atoms with Crippen LogP contribution in [0.4, 0.5) is 0 Å². The molecule has 0 saturated carbocycles. The number of imidazole rings is 1. The van der Waals surface area contributed by atoms with Crippen LogP contribution in [0.3, 0.4) is 0 Å². The van der Waals surface area contributed by atoms with Gasteiger partial charge in [-0.1, -0.05) is 41.8 Å². The van der Waals surface area contributed by atoms with Crippen molar-refractivity contribution < 1.29 is 21.1 Å². The van der Waals surface area contributed by atoms with Gasteiger partial charge in [0.1, 0.15) is 0 Å². The molecule has 0 fully saturated rings. The van der Waals surface area contributed by atoms with E-state index in [4.69, 9.17) is 4.98 Å². The quantitative estimate of drug-likeness (QED) is 0.182. The minimum Gasteiger partial charge on any atom is -0.367 e. The number of aryl methyl sites for hydroxylation is 1. The topological polar surface area (TPSA) is 53.5 Å². The van der Waals surface area contributed by atoms with Gasteiger partial charge >= 0.3 is 21.1 Å². The fourth-order valence-corrected chi connectivity index (χ4v) is 5.58. The van der Waals surface area contributed by atoms with Gasteiger partial charge in [0.2, 0.25) is 0 Å². The number of benzene rings is 4. The van der Waals surface area contributed by atoms with Crippen LogP contribution in [-0.4, -0.2) is 28.9 Å². The van der Waals surface area contributed by atoms with Crippen molar-refractivity contribution >= 4 is 32.8 Å². The first-order valence-electron chi connectivity index (χ1n) is 13.1. The second-order valence-corrected chi connectivity index (χ2v) is 9.74. The van der Waals surface area contributed by atoms with Gasteiger partial charge in [-0.2, -0.15) is 5.10 Å². The summed E-state index contributed by atoms with van der Waals surface area (Å²) in [7, 11) is 2.05. The van der Waals surface area contributed by atoms with Gasteiger partial charge in [-0.05, 0) is 52.6 Å². The number of hydrogen-bond donors (Lipinski definition) is 0. The molecule has 0 amide bonds. The smallest absolute Gasteiger partial charge is 0.367 e. The zero-order chi connectivity index (χ0) is 26.6. The third-order valence-corrected chi connectivity index (χ3v) is 7.42. The third kappa shape index (κ3) is 4.02. The second-order valence-electron chi connectivity index (χ2n) is 9.74. The Kier molecular flexibility index (Phi) is 6.14. The van der Waals surface area contributed by atoms with Crippen LogP contribution in [0.25, 0.3) is 66.9 Å². The van der Waals surface area contributed by atoms with Crippen LogP contribution in [0.15, 0.2) is 116 Å². The molecule has 0 aliphatic heterocycles. The SMILES string of the molecule is Cn1c(-c2[c-]c3c(cc2)c2cccc(-n4cccn4)c2n3-c2[c-]c(-c3ccccn3)ccc2)nc2ccccc21.[Pt+2]. The van der Waals surface area contributed by atoms with Crippen molar-refractivity contribution in [2.75, 3.05) is 0 Å². The molecule has 0 saturated heterocycles. The van der Waals surface area contributed by atoms with Crippen LogP contribution < -0.4 is 0 Å². The van der Waals surface area contributed by atoms with Crippen LogP contribution in [0.5, 0.6) is 0 Å². The summed E-state index contributed by atoms with van der Waals surface area (Å²) >= 11 is 0. The van der Waals surface area contributed by atoms with Gasteiger partial charge in [-0.15, -0.1) is 53.6 Å². The first kappa shape index (κ1) is 25.2. The fraction of sp³-hybridized carbons (Fsp3) is 0.0294. The Hall–Kier alpha value is -4.80. The Morgan fingerprint density at radius 1 is 0.707 bits per heavy atom. The summed E-state index contributed by atoms with van der Waals surface area (Å²) in [5.41, 5.74) is 8.65. The van der Waals surface area contributed by atoms with Crippen LogP contribution >= 0.6 is 0 Å². The molecule has 4 aromatic heterocycles. The van der Waals surface area contributed by atoms with Gasteiger partial charge in [0.25, 0.3) is 0 Å². The standard InChI is InChI=1S/C34H22N6.Pt/c1-38-30-14-3-2-13-29(30)37-34(38)24-16-17-26-27-11-7-15-31(39-20-8-19-36-39)33(27)40(32(26)22-24)25-10-6-9-23(21-25)28-12-4-5-18-35-28;/h2-20H,1H3;/q-2;+2. The van der Waals surface area contributed by atoms with Crippen molar-refractivity contribution in [3.63, 3.8) is 0 Å². The normalized spacial score (nSPS) is 11.3. The Labute approximate surface area is 250 Å². The maximum absolute atomic E-state index is 4.95. The fourth-order valence-electron chi connectivity index (χ4n) is 5.58. The molecule has 0 aliphatic rings. The van der Waals surface area contributed by atoms with Crippen LogP contribution in [-0.2, 0) is 28.1 Å². The first-order valence-corrected chi connectivity index (χ1v) is 13.1. The van der Waals surface area contributed by atoms with Crippen molar-refractivity contribution in [3.8, 4) is 34.0 Å². The minimum absolute atomic E-state index is 0.